The molecule has 1 aromatic heterocycles. The Morgan fingerprint density at radius 1 is 1.44 bits per heavy atom. The average Bonchev–Trinajstić information content (AvgIpc) is 2.74. The minimum Gasteiger partial charge on any atom is -0.398 e. The molecule has 3 N–H and O–H groups in total. The summed E-state index contributed by atoms with van der Waals surface area (Å²) in [5.74, 6) is -0.0352. The lowest BCUT2D eigenvalue weighted by Crippen LogP contribution is -2.30. The number of methoxy groups -OCH3 is 1. The summed E-state index contributed by atoms with van der Waals surface area (Å²) in [5.41, 5.74) is 7.57. The number of nitrogens with one attached hydrogen (secondary N) is 1. The number of nitrogen functional groups attached to an aromatic ring is 1. The van der Waals surface area contributed by atoms with E-state index in [0.29, 0.717) is 13.2 Å². The van der Waals surface area contributed by atoms with Crippen molar-refractivity contribution in [3.05, 3.63) is 30.5 Å². The van der Waals surface area contributed by atoms with Crippen LogP contribution >= 0.6 is 0 Å². The first-order chi connectivity index (χ1) is 8.72. The minimum absolute atomic E-state index is 0.0352. The second kappa shape index (κ2) is 5.55. The number of fused-ring (bicyclic) bond motifs is 1. The number of carbonyl (C=O) groups is 1. The summed E-state index contributed by atoms with van der Waals surface area (Å²) in [5, 5.41) is 3.76. The molecule has 18 heavy (non-hydrogen) atoms. The maximum atomic E-state index is 11.7. The molecule has 5 nitrogen and oxygen atoms in total. The Hall–Kier alpha value is -2.01. The fourth-order valence-corrected chi connectivity index (χ4v) is 1.89. The van der Waals surface area contributed by atoms with Gasteiger partial charge in [0, 0.05) is 30.9 Å². The van der Waals surface area contributed by atoms with Crippen molar-refractivity contribution in [1.82, 2.24) is 9.88 Å². The van der Waals surface area contributed by atoms with E-state index in [1.165, 1.54) is 0 Å². The fourth-order valence-electron chi connectivity index (χ4n) is 1.89. The van der Waals surface area contributed by atoms with E-state index in [1.54, 1.807) is 7.11 Å². The summed E-state index contributed by atoms with van der Waals surface area (Å²) in [6.45, 7) is 1.33. The molecular weight excluding hydrogens is 230 g/mol. The zero-order chi connectivity index (χ0) is 13.0. The van der Waals surface area contributed by atoms with E-state index in [2.05, 4.69) is 5.32 Å². The van der Waals surface area contributed by atoms with E-state index in [1.807, 2.05) is 35.0 Å². The van der Waals surface area contributed by atoms with Gasteiger partial charge in [-0.05, 0) is 18.2 Å². The zero-order valence-electron chi connectivity index (χ0n) is 10.3. The number of nitrogens with zero attached hydrogens (tertiary/aromatic N) is 1. The summed E-state index contributed by atoms with van der Waals surface area (Å²) in [6.07, 6.45) is 1.87. The summed E-state index contributed by atoms with van der Waals surface area (Å²) in [7, 11) is 1.61. The lowest BCUT2D eigenvalue weighted by Gasteiger charge is -2.07. The molecule has 0 aliphatic heterocycles. The molecule has 0 spiro atoms. The summed E-state index contributed by atoms with van der Waals surface area (Å²) < 4.78 is 6.76. The number of benzene rings is 1. The molecule has 2 rings (SSSR count). The molecule has 0 atom stereocenters. The predicted molar refractivity (Wildman–Crippen MR) is 71.2 cm³/mol. The van der Waals surface area contributed by atoms with Crippen LogP contribution in [0.15, 0.2) is 30.5 Å². The smallest absolute Gasteiger partial charge is 0.240 e. The minimum atomic E-state index is -0.0352. The highest BCUT2D eigenvalue weighted by Crippen LogP contribution is 2.21. The predicted octanol–water partition coefficient (Wildman–Crippen LogP) is 0.986. The van der Waals surface area contributed by atoms with Crippen LogP contribution in [0, 0.1) is 0 Å². The van der Waals surface area contributed by atoms with Crippen LogP contribution in [0.1, 0.15) is 0 Å². The number of aromatic nitrogens is 1. The normalized spacial score (nSPS) is 10.7. The summed E-state index contributed by atoms with van der Waals surface area (Å²) in [6, 6.07) is 7.61. The second-order valence-electron chi connectivity index (χ2n) is 4.07. The highest BCUT2D eigenvalue weighted by molar-refractivity contribution is 5.92. The average molecular weight is 247 g/mol. The number of hydrogen-bond acceptors (Lipinski definition) is 3. The van der Waals surface area contributed by atoms with Crippen LogP contribution in [-0.4, -0.2) is 30.7 Å². The van der Waals surface area contributed by atoms with E-state index in [9.17, 15) is 4.79 Å². The standard InChI is InChI=1S/C13H17N3O2/c1-18-8-6-15-13(17)9-16-7-5-10-11(14)3-2-4-12(10)16/h2-5,7H,6,8-9,14H2,1H3,(H,15,17). The number of anilines is 1. The molecule has 0 bridgehead atoms. The molecular formula is C13H17N3O2. The van der Waals surface area contributed by atoms with Gasteiger partial charge in [0.25, 0.3) is 0 Å². The summed E-state index contributed by atoms with van der Waals surface area (Å²) >= 11 is 0. The van der Waals surface area contributed by atoms with Gasteiger partial charge in [0.2, 0.25) is 5.91 Å². The monoisotopic (exact) mass is 247 g/mol. The number of rotatable bonds is 5. The van der Waals surface area contributed by atoms with E-state index in [-0.39, 0.29) is 12.5 Å². The van der Waals surface area contributed by atoms with Gasteiger partial charge in [-0.25, -0.2) is 0 Å². The van der Waals surface area contributed by atoms with Crippen LogP contribution in [0.4, 0.5) is 5.69 Å². The first kappa shape index (κ1) is 12.4. The number of carbonyl (C=O) groups excluding carboxylic acids is 1. The molecule has 5 heteroatoms. The maximum absolute atomic E-state index is 11.7. The quantitative estimate of drug-likeness (QED) is 0.611. The Morgan fingerprint density at radius 2 is 2.28 bits per heavy atom. The van der Waals surface area contributed by atoms with E-state index in [0.717, 1.165) is 16.6 Å². The largest absolute Gasteiger partial charge is 0.398 e. The molecule has 0 unspecified atom stereocenters. The van der Waals surface area contributed by atoms with Gasteiger partial charge in [0.1, 0.15) is 6.54 Å². The molecule has 0 aliphatic rings. The Balaban J connectivity index is 2.08. The van der Waals surface area contributed by atoms with Crippen LogP contribution in [0.25, 0.3) is 10.9 Å². The SMILES string of the molecule is COCCNC(=O)Cn1ccc2c(N)cccc21. The van der Waals surface area contributed by atoms with Gasteiger partial charge < -0.3 is 20.4 Å². The molecule has 1 aromatic carbocycles. The van der Waals surface area contributed by atoms with Gasteiger partial charge in [0.05, 0.1) is 12.1 Å². The van der Waals surface area contributed by atoms with Crippen molar-refractivity contribution in [1.29, 1.82) is 0 Å². The molecule has 0 saturated carbocycles. The Bertz CT molecular complexity index is 548. The van der Waals surface area contributed by atoms with Crippen LogP contribution in [0.5, 0.6) is 0 Å². The lowest BCUT2D eigenvalue weighted by molar-refractivity contribution is -0.121. The van der Waals surface area contributed by atoms with Crippen molar-refractivity contribution in [3.8, 4) is 0 Å². The second-order valence-corrected chi connectivity index (χ2v) is 4.07. The third-order valence-electron chi connectivity index (χ3n) is 2.79. The first-order valence-corrected chi connectivity index (χ1v) is 5.81. The van der Waals surface area contributed by atoms with Crippen molar-refractivity contribution >= 4 is 22.5 Å². The number of nitrogens with two attached hydrogens (primary N) is 1. The number of hydrogen-bond donors (Lipinski definition) is 2. The highest BCUT2D eigenvalue weighted by Gasteiger charge is 2.06. The number of amides is 1. The van der Waals surface area contributed by atoms with Crippen molar-refractivity contribution in [2.24, 2.45) is 0 Å². The maximum Gasteiger partial charge on any atom is 0.240 e. The Kier molecular flexibility index (Phi) is 3.84. The van der Waals surface area contributed by atoms with Gasteiger partial charge in [-0.1, -0.05) is 6.07 Å². The van der Waals surface area contributed by atoms with E-state index < -0.39 is 0 Å². The Labute approximate surface area is 106 Å². The number of ether oxygens (including phenoxy) is 1. The molecule has 2 aromatic rings. The van der Waals surface area contributed by atoms with Crippen LogP contribution in [0.2, 0.25) is 0 Å². The van der Waals surface area contributed by atoms with Crippen LogP contribution in [-0.2, 0) is 16.1 Å². The van der Waals surface area contributed by atoms with Crippen molar-refractivity contribution in [2.45, 2.75) is 6.54 Å². The van der Waals surface area contributed by atoms with Gasteiger partial charge in [-0.3, -0.25) is 4.79 Å². The van der Waals surface area contributed by atoms with Gasteiger partial charge in [-0.2, -0.15) is 0 Å². The molecule has 0 radical (unpaired) electrons. The van der Waals surface area contributed by atoms with Crippen molar-refractivity contribution in [3.63, 3.8) is 0 Å². The highest BCUT2D eigenvalue weighted by atomic mass is 16.5. The van der Waals surface area contributed by atoms with Gasteiger partial charge >= 0.3 is 0 Å². The van der Waals surface area contributed by atoms with Crippen LogP contribution in [0.3, 0.4) is 0 Å². The fraction of sp³-hybridized carbons (Fsp3) is 0.308. The Morgan fingerprint density at radius 3 is 3.06 bits per heavy atom. The zero-order valence-corrected chi connectivity index (χ0v) is 10.3. The van der Waals surface area contributed by atoms with Crippen molar-refractivity contribution < 1.29 is 9.53 Å². The molecule has 96 valence electrons. The molecule has 0 saturated heterocycles. The van der Waals surface area contributed by atoms with Crippen LogP contribution < -0.4 is 11.1 Å². The van der Waals surface area contributed by atoms with Gasteiger partial charge in [-0.15, -0.1) is 0 Å². The summed E-state index contributed by atoms with van der Waals surface area (Å²) in [4.78, 5) is 11.7. The topological polar surface area (TPSA) is 69.3 Å². The molecule has 0 fully saturated rings. The molecule has 1 amide bonds. The van der Waals surface area contributed by atoms with Gasteiger partial charge in [0.15, 0.2) is 0 Å². The van der Waals surface area contributed by atoms with E-state index in [4.69, 9.17) is 10.5 Å². The molecule has 0 aliphatic carbocycles. The third kappa shape index (κ3) is 2.62. The first-order valence-electron chi connectivity index (χ1n) is 5.81. The lowest BCUT2D eigenvalue weighted by atomic mass is 10.2. The third-order valence-corrected chi connectivity index (χ3v) is 2.79. The molecule has 1 heterocycles. The van der Waals surface area contributed by atoms with Crippen molar-refractivity contribution in [2.75, 3.05) is 26.0 Å². The van der Waals surface area contributed by atoms with E-state index >= 15 is 0 Å².